The predicted molar refractivity (Wildman–Crippen MR) is 104 cm³/mol. The van der Waals surface area contributed by atoms with Gasteiger partial charge in [0, 0.05) is 13.0 Å². The van der Waals surface area contributed by atoms with E-state index < -0.39 is 6.10 Å². The highest BCUT2D eigenvalue weighted by Gasteiger charge is 2.16. The highest BCUT2D eigenvalue weighted by Crippen LogP contribution is 2.28. The van der Waals surface area contributed by atoms with Crippen LogP contribution < -0.4 is 14.8 Å². The summed E-state index contributed by atoms with van der Waals surface area (Å²) >= 11 is 0. The summed E-state index contributed by atoms with van der Waals surface area (Å²) in [5.41, 5.74) is 3.16. The molecule has 0 saturated carbocycles. The number of ether oxygens (including phenoxy) is 2. The van der Waals surface area contributed by atoms with Crippen LogP contribution in [0.15, 0.2) is 42.5 Å². The predicted octanol–water partition coefficient (Wildman–Crippen LogP) is 3.15. The van der Waals surface area contributed by atoms with Crippen molar-refractivity contribution in [2.45, 2.75) is 38.7 Å². The Morgan fingerprint density at radius 1 is 1.22 bits per heavy atom. The van der Waals surface area contributed by atoms with Crippen LogP contribution in [0.2, 0.25) is 0 Å². The van der Waals surface area contributed by atoms with E-state index in [0.717, 1.165) is 23.3 Å². The van der Waals surface area contributed by atoms with E-state index in [1.165, 1.54) is 5.56 Å². The second-order valence-electron chi connectivity index (χ2n) is 7.85. The third kappa shape index (κ3) is 5.01. The lowest BCUT2D eigenvalue weighted by molar-refractivity contribution is -0.123. The van der Waals surface area contributed by atoms with Crippen molar-refractivity contribution in [1.82, 2.24) is 5.32 Å². The fourth-order valence-electron chi connectivity index (χ4n) is 2.99. The van der Waals surface area contributed by atoms with Gasteiger partial charge in [-0.05, 0) is 46.4 Å². The summed E-state index contributed by atoms with van der Waals surface area (Å²) in [5, 5.41) is 13.0. The Morgan fingerprint density at radius 2 is 1.96 bits per heavy atom. The van der Waals surface area contributed by atoms with E-state index in [-0.39, 0.29) is 24.5 Å². The Kier molecular flexibility index (Phi) is 5.71. The smallest absolute Gasteiger partial charge is 0.258 e. The van der Waals surface area contributed by atoms with E-state index in [0.29, 0.717) is 12.4 Å². The molecule has 1 heterocycles. The number of hydrogen-bond acceptors (Lipinski definition) is 4. The molecule has 0 bridgehead atoms. The number of fused-ring (bicyclic) bond motifs is 1. The van der Waals surface area contributed by atoms with Crippen molar-refractivity contribution in [3.05, 3.63) is 59.2 Å². The molecule has 1 atom stereocenters. The SMILES string of the molecule is CC(C)(C)c1ccc(OCC(=O)NCC(O)c2ccc3c(c2)CCO3)cc1. The van der Waals surface area contributed by atoms with E-state index in [2.05, 4.69) is 26.1 Å². The molecule has 2 aromatic carbocycles. The largest absolute Gasteiger partial charge is 0.493 e. The van der Waals surface area contributed by atoms with Crippen LogP contribution in [0.4, 0.5) is 0 Å². The lowest BCUT2D eigenvalue weighted by atomic mass is 9.87. The fraction of sp³-hybridized carbons (Fsp3) is 0.409. The van der Waals surface area contributed by atoms with Gasteiger partial charge in [-0.3, -0.25) is 4.79 Å². The van der Waals surface area contributed by atoms with Crippen molar-refractivity contribution in [1.29, 1.82) is 0 Å². The maximum Gasteiger partial charge on any atom is 0.258 e. The molecule has 0 aromatic heterocycles. The normalized spacial score (nSPS) is 14.2. The Balaban J connectivity index is 1.45. The highest BCUT2D eigenvalue weighted by molar-refractivity contribution is 5.77. The molecule has 2 N–H and O–H groups in total. The van der Waals surface area contributed by atoms with Gasteiger partial charge < -0.3 is 19.9 Å². The van der Waals surface area contributed by atoms with Crippen LogP contribution in [0, 0.1) is 0 Å². The number of aliphatic hydroxyl groups is 1. The quantitative estimate of drug-likeness (QED) is 0.821. The molecule has 0 radical (unpaired) electrons. The van der Waals surface area contributed by atoms with Crippen molar-refractivity contribution in [2.75, 3.05) is 19.8 Å². The molecule has 27 heavy (non-hydrogen) atoms. The van der Waals surface area contributed by atoms with Crippen molar-refractivity contribution < 1.29 is 19.4 Å². The van der Waals surface area contributed by atoms with Crippen LogP contribution >= 0.6 is 0 Å². The third-order valence-electron chi connectivity index (χ3n) is 4.68. The van der Waals surface area contributed by atoms with Crippen molar-refractivity contribution in [3.8, 4) is 11.5 Å². The zero-order valence-corrected chi connectivity index (χ0v) is 16.1. The van der Waals surface area contributed by atoms with Crippen molar-refractivity contribution >= 4 is 5.91 Å². The number of rotatable bonds is 6. The van der Waals surface area contributed by atoms with Gasteiger partial charge in [0.15, 0.2) is 6.61 Å². The first-order valence-corrected chi connectivity index (χ1v) is 9.26. The number of amides is 1. The van der Waals surface area contributed by atoms with E-state index in [1.807, 2.05) is 42.5 Å². The minimum Gasteiger partial charge on any atom is -0.493 e. The summed E-state index contributed by atoms with van der Waals surface area (Å²) in [6.07, 6.45) is 0.0929. The average molecular weight is 369 g/mol. The van der Waals surface area contributed by atoms with Gasteiger partial charge in [-0.15, -0.1) is 0 Å². The van der Waals surface area contributed by atoms with Gasteiger partial charge in [-0.2, -0.15) is 0 Å². The van der Waals surface area contributed by atoms with Gasteiger partial charge >= 0.3 is 0 Å². The number of carbonyl (C=O) groups is 1. The van der Waals surface area contributed by atoms with Gasteiger partial charge in [-0.25, -0.2) is 0 Å². The first-order valence-electron chi connectivity index (χ1n) is 9.26. The third-order valence-corrected chi connectivity index (χ3v) is 4.68. The molecule has 1 aliphatic rings. The molecule has 5 heteroatoms. The lowest BCUT2D eigenvalue weighted by Crippen LogP contribution is -2.32. The number of aliphatic hydroxyl groups excluding tert-OH is 1. The van der Waals surface area contributed by atoms with Gasteiger partial charge in [0.25, 0.3) is 5.91 Å². The van der Waals surface area contributed by atoms with Crippen LogP contribution in [0.25, 0.3) is 0 Å². The summed E-state index contributed by atoms with van der Waals surface area (Å²) in [6, 6.07) is 13.4. The Morgan fingerprint density at radius 3 is 2.67 bits per heavy atom. The molecule has 0 fully saturated rings. The average Bonchev–Trinajstić information content (AvgIpc) is 3.11. The number of benzene rings is 2. The Labute approximate surface area is 160 Å². The van der Waals surface area contributed by atoms with Crippen LogP contribution in [-0.4, -0.2) is 30.8 Å². The first kappa shape index (κ1) is 19.2. The monoisotopic (exact) mass is 369 g/mol. The zero-order valence-electron chi connectivity index (χ0n) is 16.1. The van der Waals surface area contributed by atoms with Crippen molar-refractivity contribution in [3.63, 3.8) is 0 Å². The Hall–Kier alpha value is -2.53. The Bertz CT molecular complexity index is 793. The molecule has 5 nitrogen and oxygen atoms in total. The lowest BCUT2D eigenvalue weighted by Gasteiger charge is -2.19. The number of hydrogen-bond donors (Lipinski definition) is 2. The standard InChI is InChI=1S/C22H27NO4/c1-22(2,3)17-5-7-18(8-6-17)27-14-21(25)23-13-19(24)15-4-9-20-16(12-15)10-11-26-20/h4-9,12,19,24H,10-11,13-14H2,1-3H3,(H,23,25). The topological polar surface area (TPSA) is 67.8 Å². The molecule has 144 valence electrons. The first-order chi connectivity index (χ1) is 12.8. The number of carbonyl (C=O) groups excluding carboxylic acids is 1. The molecule has 1 aliphatic heterocycles. The van der Waals surface area contributed by atoms with Gasteiger partial charge in [0.1, 0.15) is 11.5 Å². The summed E-state index contributed by atoms with van der Waals surface area (Å²) in [7, 11) is 0. The van der Waals surface area contributed by atoms with Crippen molar-refractivity contribution in [2.24, 2.45) is 0 Å². The second kappa shape index (κ2) is 8.01. The molecule has 3 rings (SSSR count). The minimum atomic E-state index is -0.758. The molecular formula is C22H27NO4. The second-order valence-corrected chi connectivity index (χ2v) is 7.85. The molecule has 1 amide bonds. The molecule has 2 aromatic rings. The summed E-state index contributed by atoms with van der Waals surface area (Å²) in [5.74, 6) is 1.26. The van der Waals surface area contributed by atoms with Gasteiger partial charge in [-0.1, -0.05) is 39.0 Å². The van der Waals surface area contributed by atoms with E-state index in [1.54, 1.807) is 0 Å². The molecule has 0 spiro atoms. The molecule has 1 unspecified atom stereocenters. The zero-order chi connectivity index (χ0) is 19.4. The molecule has 0 aliphatic carbocycles. The van der Waals surface area contributed by atoms with Crippen LogP contribution in [0.3, 0.4) is 0 Å². The van der Waals surface area contributed by atoms with E-state index in [9.17, 15) is 9.90 Å². The van der Waals surface area contributed by atoms with E-state index in [4.69, 9.17) is 9.47 Å². The van der Waals surface area contributed by atoms with Gasteiger partial charge in [0.05, 0.1) is 12.7 Å². The highest BCUT2D eigenvalue weighted by atomic mass is 16.5. The number of nitrogens with one attached hydrogen (secondary N) is 1. The summed E-state index contributed by atoms with van der Waals surface area (Å²) in [4.78, 5) is 12.0. The van der Waals surface area contributed by atoms with Crippen LogP contribution in [0.1, 0.15) is 43.6 Å². The van der Waals surface area contributed by atoms with Gasteiger partial charge in [0.2, 0.25) is 0 Å². The summed E-state index contributed by atoms with van der Waals surface area (Å²) in [6.45, 7) is 7.19. The van der Waals surface area contributed by atoms with Crippen LogP contribution in [0.5, 0.6) is 11.5 Å². The minimum absolute atomic E-state index is 0.0791. The van der Waals surface area contributed by atoms with E-state index >= 15 is 0 Å². The van der Waals surface area contributed by atoms with Crippen LogP contribution in [-0.2, 0) is 16.6 Å². The molecule has 0 saturated heterocycles. The summed E-state index contributed by atoms with van der Waals surface area (Å²) < 4.78 is 11.0. The maximum atomic E-state index is 12.0. The fourth-order valence-corrected chi connectivity index (χ4v) is 2.99. The maximum absolute atomic E-state index is 12.0. The molecular weight excluding hydrogens is 342 g/mol.